The van der Waals surface area contributed by atoms with E-state index in [1.54, 1.807) is 11.7 Å². The molecule has 0 bridgehead atoms. The number of nitrogens with two attached hydrogens (primary N) is 1. The summed E-state index contributed by atoms with van der Waals surface area (Å²) in [7, 11) is 1.80. The van der Waals surface area contributed by atoms with Crippen LogP contribution in [0.3, 0.4) is 0 Å². The highest BCUT2D eigenvalue weighted by Gasteiger charge is 2.24. The number of nitrogens with zero attached hydrogens (tertiary/aromatic N) is 2. The molecule has 1 aliphatic rings. The SMILES string of the molecule is Cn1nc(C2COc3ccccc3O2)cc1N. The lowest BCUT2D eigenvalue weighted by Gasteiger charge is -2.25. The zero-order valence-corrected chi connectivity index (χ0v) is 9.46. The number of ether oxygens (including phenoxy) is 2. The maximum absolute atomic E-state index is 5.83. The van der Waals surface area contributed by atoms with Crippen molar-refractivity contribution in [3.8, 4) is 11.5 Å². The van der Waals surface area contributed by atoms with E-state index >= 15 is 0 Å². The number of hydrogen-bond acceptors (Lipinski definition) is 4. The molecular formula is C12H13N3O2. The van der Waals surface area contributed by atoms with E-state index in [2.05, 4.69) is 5.10 Å². The number of aromatic nitrogens is 2. The molecule has 17 heavy (non-hydrogen) atoms. The summed E-state index contributed by atoms with van der Waals surface area (Å²) in [5.41, 5.74) is 6.54. The first-order valence-electron chi connectivity index (χ1n) is 5.42. The van der Waals surface area contributed by atoms with Gasteiger partial charge in [0.2, 0.25) is 0 Å². The molecule has 1 atom stereocenters. The van der Waals surface area contributed by atoms with Crippen LogP contribution in [-0.2, 0) is 7.05 Å². The maximum atomic E-state index is 5.83. The first kappa shape index (κ1) is 10.0. The Hall–Kier alpha value is -2.17. The van der Waals surface area contributed by atoms with E-state index in [1.165, 1.54) is 0 Å². The topological polar surface area (TPSA) is 62.3 Å². The highest BCUT2D eigenvalue weighted by atomic mass is 16.6. The molecule has 5 heteroatoms. The van der Waals surface area contributed by atoms with Crippen molar-refractivity contribution in [1.82, 2.24) is 9.78 Å². The van der Waals surface area contributed by atoms with E-state index in [9.17, 15) is 0 Å². The van der Waals surface area contributed by atoms with Crippen LogP contribution in [-0.4, -0.2) is 16.4 Å². The van der Waals surface area contributed by atoms with Crippen LogP contribution in [0.2, 0.25) is 0 Å². The predicted molar refractivity (Wildman–Crippen MR) is 62.9 cm³/mol. The van der Waals surface area contributed by atoms with Gasteiger partial charge in [0.25, 0.3) is 0 Å². The maximum Gasteiger partial charge on any atom is 0.176 e. The molecule has 5 nitrogen and oxygen atoms in total. The van der Waals surface area contributed by atoms with Gasteiger partial charge in [-0.15, -0.1) is 0 Å². The molecule has 1 aromatic heterocycles. The number of aryl methyl sites for hydroxylation is 1. The minimum atomic E-state index is -0.201. The molecule has 0 amide bonds. The second-order valence-corrected chi connectivity index (χ2v) is 3.98. The molecule has 1 unspecified atom stereocenters. The van der Waals surface area contributed by atoms with Crippen LogP contribution < -0.4 is 15.2 Å². The number of anilines is 1. The monoisotopic (exact) mass is 231 g/mol. The van der Waals surface area contributed by atoms with Crippen molar-refractivity contribution in [2.24, 2.45) is 7.05 Å². The van der Waals surface area contributed by atoms with Gasteiger partial charge in [0.15, 0.2) is 17.6 Å². The first-order chi connectivity index (χ1) is 8.24. The lowest BCUT2D eigenvalue weighted by molar-refractivity contribution is 0.0879. The van der Waals surface area contributed by atoms with Crippen LogP contribution in [0.25, 0.3) is 0 Å². The number of benzene rings is 1. The fraction of sp³-hybridized carbons (Fsp3) is 0.250. The van der Waals surface area contributed by atoms with Crippen LogP contribution in [0, 0.1) is 0 Å². The standard InChI is InChI=1S/C12H13N3O2/c1-15-12(13)6-8(14-15)11-7-16-9-4-2-3-5-10(9)17-11/h2-6,11H,7,13H2,1H3. The van der Waals surface area contributed by atoms with Gasteiger partial charge < -0.3 is 15.2 Å². The van der Waals surface area contributed by atoms with Crippen molar-refractivity contribution in [3.63, 3.8) is 0 Å². The van der Waals surface area contributed by atoms with Gasteiger partial charge in [0.1, 0.15) is 18.1 Å². The van der Waals surface area contributed by atoms with Crippen molar-refractivity contribution in [3.05, 3.63) is 36.0 Å². The number of para-hydroxylation sites is 2. The average Bonchev–Trinajstić information content (AvgIpc) is 2.69. The fourth-order valence-corrected chi connectivity index (χ4v) is 1.83. The van der Waals surface area contributed by atoms with Crippen LogP contribution >= 0.6 is 0 Å². The molecule has 0 saturated carbocycles. The molecular weight excluding hydrogens is 218 g/mol. The van der Waals surface area contributed by atoms with E-state index in [0.29, 0.717) is 12.4 Å². The molecule has 1 aromatic carbocycles. The minimum Gasteiger partial charge on any atom is -0.485 e. The van der Waals surface area contributed by atoms with Gasteiger partial charge in [0.05, 0.1) is 0 Å². The number of rotatable bonds is 1. The van der Waals surface area contributed by atoms with Crippen molar-refractivity contribution < 1.29 is 9.47 Å². The molecule has 0 fully saturated rings. The first-order valence-corrected chi connectivity index (χ1v) is 5.42. The second kappa shape index (κ2) is 3.69. The summed E-state index contributed by atoms with van der Waals surface area (Å²) >= 11 is 0. The molecule has 2 aromatic rings. The second-order valence-electron chi connectivity index (χ2n) is 3.98. The summed E-state index contributed by atoms with van der Waals surface area (Å²) < 4.78 is 13.1. The fourth-order valence-electron chi connectivity index (χ4n) is 1.83. The Labute approximate surface area is 98.8 Å². The molecule has 2 N–H and O–H groups in total. The van der Waals surface area contributed by atoms with Crippen molar-refractivity contribution in [2.45, 2.75) is 6.10 Å². The summed E-state index contributed by atoms with van der Waals surface area (Å²) in [4.78, 5) is 0. The zero-order valence-electron chi connectivity index (χ0n) is 9.46. The van der Waals surface area contributed by atoms with E-state index in [4.69, 9.17) is 15.2 Å². The van der Waals surface area contributed by atoms with Gasteiger partial charge in [-0.1, -0.05) is 12.1 Å². The van der Waals surface area contributed by atoms with Crippen LogP contribution in [0.1, 0.15) is 11.8 Å². The Morgan fingerprint density at radius 2 is 2.12 bits per heavy atom. The zero-order chi connectivity index (χ0) is 11.8. The summed E-state index contributed by atoms with van der Waals surface area (Å²) in [6.45, 7) is 0.452. The van der Waals surface area contributed by atoms with Crippen molar-refractivity contribution >= 4 is 5.82 Å². The lowest BCUT2D eigenvalue weighted by Crippen LogP contribution is -2.22. The quantitative estimate of drug-likeness (QED) is 0.808. The van der Waals surface area contributed by atoms with Crippen LogP contribution in [0.15, 0.2) is 30.3 Å². The lowest BCUT2D eigenvalue weighted by atomic mass is 10.2. The van der Waals surface area contributed by atoms with E-state index in [0.717, 1.165) is 17.2 Å². The Morgan fingerprint density at radius 3 is 2.82 bits per heavy atom. The van der Waals surface area contributed by atoms with Crippen molar-refractivity contribution in [2.75, 3.05) is 12.3 Å². The smallest absolute Gasteiger partial charge is 0.176 e. The number of hydrogen-bond donors (Lipinski definition) is 1. The van der Waals surface area contributed by atoms with E-state index in [-0.39, 0.29) is 6.10 Å². The van der Waals surface area contributed by atoms with Crippen LogP contribution in [0.5, 0.6) is 11.5 Å². The largest absolute Gasteiger partial charge is 0.485 e. The molecule has 0 saturated heterocycles. The van der Waals surface area contributed by atoms with Gasteiger partial charge in [-0.05, 0) is 12.1 Å². The van der Waals surface area contributed by atoms with Gasteiger partial charge in [-0.2, -0.15) is 5.10 Å². The van der Waals surface area contributed by atoms with E-state index < -0.39 is 0 Å². The molecule has 3 rings (SSSR count). The Kier molecular flexibility index (Phi) is 2.18. The minimum absolute atomic E-state index is 0.201. The highest BCUT2D eigenvalue weighted by Crippen LogP contribution is 2.35. The van der Waals surface area contributed by atoms with Crippen molar-refractivity contribution in [1.29, 1.82) is 0 Å². The summed E-state index contributed by atoms with van der Waals surface area (Å²) in [6.07, 6.45) is -0.201. The Morgan fingerprint density at radius 1 is 1.35 bits per heavy atom. The third kappa shape index (κ3) is 1.69. The Balaban J connectivity index is 1.89. The van der Waals surface area contributed by atoms with Gasteiger partial charge in [0, 0.05) is 13.1 Å². The third-order valence-electron chi connectivity index (χ3n) is 2.77. The van der Waals surface area contributed by atoms with E-state index in [1.807, 2.05) is 30.3 Å². The molecule has 2 heterocycles. The molecule has 88 valence electrons. The Bertz CT molecular complexity index is 531. The van der Waals surface area contributed by atoms with Crippen LogP contribution in [0.4, 0.5) is 5.82 Å². The number of fused-ring (bicyclic) bond motifs is 1. The third-order valence-corrected chi connectivity index (χ3v) is 2.77. The predicted octanol–water partition coefficient (Wildman–Crippen LogP) is 1.51. The highest BCUT2D eigenvalue weighted by molar-refractivity contribution is 5.41. The normalized spacial score (nSPS) is 18.1. The van der Waals surface area contributed by atoms with Gasteiger partial charge in [-0.3, -0.25) is 4.68 Å². The molecule has 1 aliphatic heterocycles. The van der Waals surface area contributed by atoms with Gasteiger partial charge in [-0.25, -0.2) is 0 Å². The molecule has 0 radical (unpaired) electrons. The average molecular weight is 231 g/mol. The number of nitrogen functional groups attached to an aromatic ring is 1. The molecule has 0 spiro atoms. The van der Waals surface area contributed by atoms with Gasteiger partial charge >= 0.3 is 0 Å². The summed E-state index contributed by atoms with van der Waals surface area (Å²) in [5.74, 6) is 2.13. The summed E-state index contributed by atoms with van der Waals surface area (Å²) in [6, 6.07) is 9.41. The molecule has 0 aliphatic carbocycles. The summed E-state index contributed by atoms with van der Waals surface area (Å²) in [5, 5.41) is 4.29.